The van der Waals surface area contributed by atoms with Crippen LogP contribution in [0.4, 0.5) is 5.69 Å². The number of benzene rings is 2. The number of hydrogen-bond donors (Lipinski definition) is 1. The summed E-state index contributed by atoms with van der Waals surface area (Å²) in [6, 6.07) is 14.9. The van der Waals surface area contributed by atoms with Crippen LogP contribution in [0, 0.1) is 11.3 Å². The molecular formula is C20H16N2O3. The number of rotatable bonds is 5. The van der Waals surface area contributed by atoms with Crippen LogP contribution in [0.3, 0.4) is 0 Å². The van der Waals surface area contributed by atoms with E-state index in [1.165, 1.54) is 6.08 Å². The molecular weight excluding hydrogens is 316 g/mol. The summed E-state index contributed by atoms with van der Waals surface area (Å²) >= 11 is 0. The third kappa shape index (κ3) is 4.49. The first-order chi connectivity index (χ1) is 12.2. The molecule has 0 aromatic heterocycles. The van der Waals surface area contributed by atoms with Crippen molar-refractivity contribution in [3.05, 3.63) is 71.8 Å². The summed E-state index contributed by atoms with van der Waals surface area (Å²) in [4.78, 5) is 11.9. The van der Waals surface area contributed by atoms with Gasteiger partial charge in [-0.15, -0.1) is 0 Å². The number of carbonyl (C=O) groups is 1. The van der Waals surface area contributed by atoms with Gasteiger partial charge in [-0.05, 0) is 35.4 Å². The molecule has 2 aromatic carbocycles. The zero-order chi connectivity index (χ0) is 17.5. The summed E-state index contributed by atoms with van der Waals surface area (Å²) in [6.45, 7) is 0.250. The standard InChI is InChI=1S/C20H16N2O3/c21-12-11-15-5-8-17(9-6-15)22-20(23)4-2-1-3-16-7-10-18-19(13-16)25-14-24-18/h1-10,13H,11,14H2,(H,22,23)/b3-1+,4-2+. The highest BCUT2D eigenvalue weighted by Crippen LogP contribution is 2.32. The molecule has 5 heteroatoms. The summed E-state index contributed by atoms with van der Waals surface area (Å²) in [5, 5.41) is 11.4. The predicted molar refractivity (Wildman–Crippen MR) is 95.1 cm³/mol. The van der Waals surface area contributed by atoms with Crippen molar-refractivity contribution >= 4 is 17.7 Å². The number of fused-ring (bicyclic) bond motifs is 1. The lowest BCUT2D eigenvalue weighted by molar-refractivity contribution is -0.111. The molecule has 124 valence electrons. The Balaban J connectivity index is 1.53. The highest BCUT2D eigenvalue weighted by Gasteiger charge is 2.11. The molecule has 0 fully saturated rings. The minimum atomic E-state index is -0.219. The average molecular weight is 332 g/mol. The van der Waals surface area contributed by atoms with Crippen LogP contribution in [0.5, 0.6) is 11.5 Å². The first-order valence-electron chi connectivity index (χ1n) is 7.76. The number of anilines is 1. The SMILES string of the molecule is N#CCc1ccc(NC(=O)/C=C/C=C/c2ccc3c(c2)OCO3)cc1. The molecule has 0 aliphatic carbocycles. The van der Waals surface area contributed by atoms with Crippen LogP contribution in [0.25, 0.3) is 6.08 Å². The van der Waals surface area contributed by atoms with E-state index in [0.717, 1.165) is 22.6 Å². The van der Waals surface area contributed by atoms with Crippen molar-refractivity contribution in [1.29, 1.82) is 5.26 Å². The average Bonchev–Trinajstić information content (AvgIpc) is 3.08. The van der Waals surface area contributed by atoms with Gasteiger partial charge in [0.15, 0.2) is 11.5 Å². The van der Waals surface area contributed by atoms with Gasteiger partial charge in [-0.1, -0.05) is 36.4 Å². The molecule has 0 unspecified atom stereocenters. The van der Waals surface area contributed by atoms with E-state index < -0.39 is 0 Å². The molecule has 2 aromatic rings. The number of hydrogen-bond acceptors (Lipinski definition) is 4. The molecule has 0 bridgehead atoms. The molecule has 5 nitrogen and oxygen atoms in total. The van der Waals surface area contributed by atoms with Crippen LogP contribution in [-0.4, -0.2) is 12.7 Å². The zero-order valence-electron chi connectivity index (χ0n) is 13.4. The largest absolute Gasteiger partial charge is 0.454 e. The van der Waals surface area contributed by atoms with Crippen LogP contribution < -0.4 is 14.8 Å². The molecule has 0 spiro atoms. The maximum Gasteiger partial charge on any atom is 0.248 e. The summed E-state index contributed by atoms with van der Waals surface area (Å²) in [5.41, 5.74) is 2.57. The molecule has 1 heterocycles. The van der Waals surface area contributed by atoms with Gasteiger partial charge in [-0.2, -0.15) is 5.26 Å². The van der Waals surface area contributed by atoms with Crippen molar-refractivity contribution in [2.45, 2.75) is 6.42 Å². The quantitative estimate of drug-likeness (QED) is 0.669. The lowest BCUT2D eigenvalue weighted by Gasteiger charge is -2.02. The highest BCUT2D eigenvalue weighted by molar-refractivity contribution is 5.99. The molecule has 1 aliphatic heterocycles. The van der Waals surface area contributed by atoms with Gasteiger partial charge < -0.3 is 14.8 Å². The Hall–Kier alpha value is -3.52. The highest BCUT2D eigenvalue weighted by atomic mass is 16.7. The van der Waals surface area contributed by atoms with Crippen molar-refractivity contribution in [3.63, 3.8) is 0 Å². The molecule has 1 N–H and O–H groups in total. The van der Waals surface area contributed by atoms with Gasteiger partial charge in [0.2, 0.25) is 12.7 Å². The van der Waals surface area contributed by atoms with Gasteiger partial charge >= 0.3 is 0 Å². The molecule has 0 saturated carbocycles. The van der Waals surface area contributed by atoms with Crippen LogP contribution in [0.2, 0.25) is 0 Å². The maximum absolute atomic E-state index is 11.9. The summed E-state index contributed by atoms with van der Waals surface area (Å²) in [7, 11) is 0. The van der Waals surface area contributed by atoms with Gasteiger partial charge in [0.25, 0.3) is 0 Å². The van der Waals surface area contributed by atoms with Crippen LogP contribution >= 0.6 is 0 Å². The predicted octanol–water partition coefficient (Wildman–Crippen LogP) is 3.69. The van der Waals surface area contributed by atoms with Crippen molar-refractivity contribution < 1.29 is 14.3 Å². The van der Waals surface area contributed by atoms with Gasteiger partial charge in [0.1, 0.15) is 0 Å². The number of nitrogens with zero attached hydrogens (tertiary/aromatic N) is 1. The first kappa shape index (κ1) is 16.3. The molecule has 0 atom stereocenters. The topological polar surface area (TPSA) is 71.4 Å². The van der Waals surface area contributed by atoms with E-state index in [0.29, 0.717) is 12.1 Å². The molecule has 0 saturated heterocycles. The third-order valence-corrected chi connectivity index (χ3v) is 3.55. The van der Waals surface area contributed by atoms with Crippen molar-refractivity contribution in [2.75, 3.05) is 12.1 Å². The van der Waals surface area contributed by atoms with Gasteiger partial charge in [0, 0.05) is 11.8 Å². The summed E-state index contributed by atoms with van der Waals surface area (Å²) in [6.07, 6.45) is 7.14. The monoisotopic (exact) mass is 332 g/mol. The minimum Gasteiger partial charge on any atom is -0.454 e. The van der Waals surface area contributed by atoms with E-state index in [-0.39, 0.29) is 12.7 Å². The number of nitrogens with one attached hydrogen (secondary N) is 1. The Morgan fingerprint density at radius 3 is 2.72 bits per heavy atom. The Morgan fingerprint density at radius 1 is 1.12 bits per heavy atom. The number of carbonyl (C=O) groups excluding carboxylic acids is 1. The third-order valence-electron chi connectivity index (χ3n) is 3.55. The molecule has 1 aliphatic rings. The second-order valence-corrected chi connectivity index (χ2v) is 5.35. The maximum atomic E-state index is 11.9. The lowest BCUT2D eigenvalue weighted by Crippen LogP contribution is -2.07. The van der Waals surface area contributed by atoms with E-state index >= 15 is 0 Å². The normalized spacial score (nSPS) is 12.4. The van der Waals surface area contributed by atoms with Gasteiger partial charge in [0.05, 0.1) is 12.5 Å². The number of allylic oxidation sites excluding steroid dienone is 2. The second kappa shape index (κ2) is 7.84. The van der Waals surface area contributed by atoms with Crippen molar-refractivity contribution in [1.82, 2.24) is 0 Å². The van der Waals surface area contributed by atoms with E-state index in [1.54, 1.807) is 24.3 Å². The van der Waals surface area contributed by atoms with E-state index in [4.69, 9.17) is 14.7 Å². The summed E-state index contributed by atoms with van der Waals surface area (Å²) < 4.78 is 10.6. The fraction of sp³-hybridized carbons (Fsp3) is 0.100. The fourth-order valence-electron chi connectivity index (χ4n) is 2.31. The van der Waals surface area contributed by atoms with Crippen LogP contribution in [0.1, 0.15) is 11.1 Å². The first-order valence-corrected chi connectivity index (χ1v) is 7.76. The summed E-state index contributed by atoms with van der Waals surface area (Å²) in [5.74, 6) is 1.25. The van der Waals surface area contributed by atoms with E-state index in [2.05, 4.69) is 11.4 Å². The van der Waals surface area contributed by atoms with E-state index in [9.17, 15) is 4.79 Å². The van der Waals surface area contributed by atoms with Crippen LogP contribution in [-0.2, 0) is 11.2 Å². The Morgan fingerprint density at radius 2 is 1.92 bits per heavy atom. The van der Waals surface area contributed by atoms with Crippen LogP contribution in [0.15, 0.2) is 60.7 Å². The zero-order valence-corrected chi connectivity index (χ0v) is 13.4. The number of amides is 1. The van der Waals surface area contributed by atoms with Gasteiger partial charge in [-0.25, -0.2) is 0 Å². The Bertz CT molecular complexity index is 862. The Labute approximate surface area is 145 Å². The van der Waals surface area contributed by atoms with Gasteiger partial charge in [-0.3, -0.25) is 4.79 Å². The van der Waals surface area contributed by atoms with Crippen molar-refractivity contribution in [3.8, 4) is 17.6 Å². The number of ether oxygens (including phenoxy) is 2. The smallest absolute Gasteiger partial charge is 0.248 e. The fourth-order valence-corrected chi connectivity index (χ4v) is 2.31. The number of nitriles is 1. The molecule has 0 radical (unpaired) electrons. The molecule has 3 rings (SSSR count). The molecule has 1 amide bonds. The molecule has 25 heavy (non-hydrogen) atoms. The second-order valence-electron chi connectivity index (χ2n) is 5.35. The lowest BCUT2D eigenvalue weighted by atomic mass is 10.1. The van der Waals surface area contributed by atoms with Crippen molar-refractivity contribution in [2.24, 2.45) is 0 Å². The minimum absolute atomic E-state index is 0.219. The Kier molecular flexibility index (Phi) is 5.13. The van der Waals surface area contributed by atoms with E-state index in [1.807, 2.05) is 36.4 Å².